The van der Waals surface area contributed by atoms with E-state index in [9.17, 15) is 4.79 Å². The lowest BCUT2D eigenvalue weighted by Gasteiger charge is -2.42. The molecule has 19 heavy (non-hydrogen) atoms. The molecule has 1 heterocycles. The molecule has 0 amide bonds. The lowest BCUT2D eigenvalue weighted by molar-refractivity contribution is -0.126. The molecule has 4 nitrogen and oxygen atoms in total. The second-order valence-corrected chi connectivity index (χ2v) is 5.82. The largest absolute Gasteiger partial charge is 0.491 e. The fourth-order valence-electron chi connectivity index (χ4n) is 4.71. The number of Topliss-reactive ketones (excluding diaryl/α,β-unsaturated/α-hetero) is 1. The highest BCUT2D eigenvalue weighted by atomic mass is 16.5. The number of methoxy groups -OCH3 is 2. The first kappa shape index (κ1) is 11.3. The van der Waals surface area contributed by atoms with Crippen molar-refractivity contribution >= 4 is 11.5 Å². The number of allylic oxidation sites excluding steroid dienone is 4. The molecule has 0 N–H and O–H groups in total. The van der Waals surface area contributed by atoms with E-state index in [0.29, 0.717) is 23.4 Å². The van der Waals surface area contributed by atoms with Crippen LogP contribution in [-0.2, 0) is 14.3 Å². The number of nitrogens with zero attached hydrogens (tertiary/aromatic N) is 1. The average molecular weight is 259 g/mol. The second kappa shape index (κ2) is 3.50. The SMILES string of the molecule is COC1=C(OC)C2=NCC[C@]23[C@@H]2C=C[C@@H](C2)[C@@H]3C1=O. The van der Waals surface area contributed by atoms with Gasteiger partial charge in [0, 0.05) is 17.9 Å². The van der Waals surface area contributed by atoms with Crippen molar-refractivity contribution < 1.29 is 14.3 Å². The van der Waals surface area contributed by atoms with Crippen molar-refractivity contribution in [1.82, 2.24) is 0 Å². The van der Waals surface area contributed by atoms with E-state index in [-0.39, 0.29) is 17.1 Å². The maximum Gasteiger partial charge on any atom is 0.206 e. The molecule has 0 aromatic carbocycles. The van der Waals surface area contributed by atoms with Gasteiger partial charge < -0.3 is 9.47 Å². The summed E-state index contributed by atoms with van der Waals surface area (Å²) in [6.07, 6.45) is 6.53. The predicted molar refractivity (Wildman–Crippen MR) is 69.6 cm³/mol. The molecule has 4 aliphatic rings. The number of carbonyl (C=O) groups is 1. The van der Waals surface area contributed by atoms with E-state index in [0.717, 1.165) is 25.1 Å². The summed E-state index contributed by atoms with van der Waals surface area (Å²) in [6.45, 7) is 0.792. The first-order chi connectivity index (χ1) is 9.24. The van der Waals surface area contributed by atoms with Gasteiger partial charge in [0.2, 0.25) is 11.5 Å². The topological polar surface area (TPSA) is 47.9 Å². The minimum atomic E-state index is -0.107. The predicted octanol–water partition coefficient (Wildman–Crippen LogP) is 1.73. The molecule has 3 aliphatic carbocycles. The molecule has 0 unspecified atom stereocenters. The Morgan fingerprint density at radius 1 is 1.26 bits per heavy atom. The van der Waals surface area contributed by atoms with Crippen LogP contribution in [0, 0.1) is 23.2 Å². The van der Waals surface area contributed by atoms with Gasteiger partial charge in [0.25, 0.3) is 0 Å². The monoisotopic (exact) mass is 259 g/mol. The van der Waals surface area contributed by atoms with E-state index in [1.165, 1.54) is 7.11 Å². The van der Waals surface area contributed by atoms with Crippen LogP contribution in [-0.4, -0.2) is 32.3 Å². The van der Waals surface area contributed by atoms with Crippen molar-refractivity contribution in [1.29, 1.82) is 0 Å². The highest BCUT2D eigenvalue weighted by Gasteiger charge is 2.66. The highest BCUT2D eigenvalue weighted by Crippen LogP contribution is 2.63. The van der Waals surface area contributed by atoms with Crippen molar-refractivity contribution in [2.24, 2.45) is 28.2 Å². The van der Waals surface area contributed by atoms with Gasteiger partial charge >= 0.3 is 0 Å². The summed E-state index contributed by atoms with van der Waals surface area (Å²) in [4.78, 5) is 17.4. The van der Waals surface area contributed by atoms with Gasteiger partial charge in [-0.3, -0.25) is 9.79 Å². The number of fused-ring (bicyclic) bond motifs is 3. The molecule has 1 spiro atoms. The summed E-state index contributed by atoms with van der Waals surface area (Å²) in [5, 5.41) is 0. The summed E-state index contributed by atoms with van der Waals surface area (Å²) in [5.41, 5.74) is 0.873. The van der Waals surface area contributed by atoms with Crippen LogP contribution in [0.3, 0.4) is 0 Å². The molecule has 4 atom stereocenters. The van der Waals surface area contributed by atoms with E-state index < -0.39 is 0 Å². The number of hydrogen-bond acceptors (Lipinski definition) is 4. The van der Waals surface area contributed by atoms with Crippen LogP contribution in [0.1, 0.15) is 12.8 Å². The number of aliphatic imine (C=N–C) groups is 1. The fraction of sp³-hybridized carbons (Fsp3) is 0.600. The molecule has 0 radical (unpaired) electrons. The van der Waals surface area contributed by atoms with Crippen LogP contribution >= 0.6 is 0 Å². The van der Waals surface area contributed by atoms with Crippen molar-refractivity contribution in [3.05, 3.63) is 23.7 Å². The van der Waals surface area contributed by atoms with E-state index in [1.807, 2.05) is 0 Å². The molecular weight excluding hydrogens is 242 g/mol. The quantitative estimate of drug-likeness (QED) is 0.709. The molecule has 100 valence electrons. The van der Waals surface area contributed by atoms with Gasteiger partial charge in [-0.1, -0.05) is 12.2 Å². The van der Waals surface area contributed by atoms with E-state index >= 15 is 0 Å². The Kier molecular flexibility index (Phi) is 2.07. The Balaban J connectivity index is 1.96. The zero-order chi connectivity index (χ0) is 13.2. The molecule has 2 bridgehead atoms. The molecular formula is C15H17NO3. The van der Waals surface area contributed by atoms with E-state index in [1.54, 1.807) is 7.11 Å². The lowest BCUT2D eigenvalue weighted by Crippen LogP contribution is -2.49. The molecule has 4 heteroatoms. The van der Waals surface area contributed by atoms with E-state index in [4.69, 9.17) is 9.47 Å². The third kappa shape index (κ3) is 1.07. The maximum absolute atomic E-state index is 12.8. The third-order valence-corrected chi connectivity index (χ3v) is 5.33. The Morgan fingerprint density at radius 2 is 2.05 bits per heavy atom. The first-order valence-electron chi connectivity index (χ1n) is 6.84. The smallest absolute Gasteiger partial charge is 0.206 e. The molecule has 1 saturated carbocycles. The number of ketones is 1. The highest BCUT2D eigenvalue weighted by molar-refractivity contribution is 6.17. The van der Waals surface area contributed by atoms with Crippen molar-refractivity contribution in [2.45, 2.75) is 12.8 Å². The van der Waals surface area contributed by atoms with Gasteiger partial charge in [0.15, 0.2) is 5.76 Å². The fourth-order valence-corrected chi connectivity index (χ4v) is 4.71. The number of ether oxygens (including phenoxy) is 2. The Hall–Kier alpha value is -1.58. The van der Waals surface area contributed by atoms with Crippen LogP contribution in [0.2, 0.25) is 0 Å². The zero-order valence-corrected chi connectivity index (χ0v) is 11.2. The van der Waals surface area contributed by atoms with Crippen LogP contribution in [0.25, 0.3) is 0 Å². The second-order valence-electron chi connectivity index (χ2n) is 5.82. The van der Waals surface area contributed by atoms with Gasteiger partial charge in [0.1, 0.15) is 0 Å². The van der Waals surface area contributed by atoms with Crippen LogP contribution in [0.4, 0.5) is 0 Å². The Bertz CT molecular complexity index is 560. The van der Waals surface area contributed by atoms with Gasteiger partial charge in [-0.2, -0.15) is 0 Å². The van der Waals surface area contributed by atoms with Crippen molar-refractivity contribution in [2.75, 3.05) is 20.8 Å². The summed E-state index contributed by atoms with van der Waals surface area (Å²) in [5.74, 6) is 1.85. The van der Waals surface area contributed by atoms with Crippen molar-refractivity contribution in [3.63, 3.8) is 0 Å². The molecule has 0 saturated heterocycles. The molecule has 4 rings (SSSR count). The van der Waals surface area contributed by atoms with Gasteiger partial charge in [0.05, 0.1) is 19.9 Å². The molecule has 0 aromatic rings. The summed E-state index contributed by atoms with van der Waals surface area (Å²) in [7, 11) is 3.14. The molecule has 1 aliphatic heterocycles. The van der Waals surface area contributed by atoms with Gasteiger partial charge in [-0.15, -0.1) is 0 Å². The normalized spacial score (nSPS) is 42.3. The molecule has 1 fully saturated rings. The van der Waals surface area contributed by atoms with Gasteiger partial charge in [-0.25, -0.2) is 0 Å². The summed E-state index contributed by atoms with van der Waals surface area (Å²) < 4.78 is 10.8. The third-order valence-electron chi connectivity index (χ3n) is 5.33. The molecule has 0 aromatic heterocycles. The Morgan fingerprint density at radius 3 is 2.79 bits per heavy atom. The van der Waals surface area contributed by atoms with Crippen LogP contribution in [0.15, 0.2) is 28.7 Å². The number of carbonyl (C=O) groups excluding carboxylic acids is 1. The summed E-state index contributed by atoms with van der Waals surface area (Å²) in [6, 6.07) is 0. The van der Waals surface area contributed by atoms with Crippen molar-refractivity contribution in [3.8, 4) is 0 Å². The average Bonchev–Trinajstić information content (AvgIpc) is 3.10. The van der Waals surface area contributed by atoms with E-state index in [2.05, 4.69) is 17.1 Å². The van der Waals surface area contributed by atoms with Gasteiger partial charge in [-0.05, 0) is 24.7 Å². The number of hydrogen-bond donors (Lipinski definition) is 0. The first-order valence-corrected chi connectivity index (χ1v) is 6.84. The maximum atomic E-state index is 12.8. The lowest BCUT2D eigenvalue weighted by atomic mass is 9.60. The minimum absolute atomic E-state index is 0.0117. The zero-order valence-electron chi connectivity index (χ0n) is 11.2. The van der Waals surface area contributed by atoms with Crippen LogP contribution < -0.4 is 0 Å². The van der Waals surface area contributed by atoms with Crippen LogP contribution in [0.5, 0.6) is 0 Å². The minimum Gasteiger partial charge on any atom is -0.491 e. The summed E-state index contributed by atoms with van der Waals surface area (Å²) >= 11 is 0. The number of rotatable bonds is 2. The standard InChI is InChI=1S/C15H17NO3/c1-18-12-11(17)10-8-3-4-9(7-8)15(10)5-6-16-14(15)13(12)19-2/h3-4,8-10H,5-7H2,1-2H3/t8-,9+,10+,15+/m0/s1. The Labute approximate surface area is 112 Å².